The Hall–Kier alpha value is -1.35. The van der Waals surface area contributed by atoms with Crippen molar-refractivity contribution in [2.75, 3.05) is 13.1 Å². The molecule has 0 saturated carbocycles. The summed E-state index contributed by atoms with van der Waals surface area (Å²) >= 11 is 0. The van der Waals surface area contributed by atoms with Crippen LogP contribution in [0.4, 0.5) is 0 Å². The van der Waals surface area contributed by atoms with E-state index in [1.54, 1.807) is 0 Å². The molecule has 1 fully saturated rings. The smallest absolute Gasteiger partial charge is 0.237 e. The molecule has 96 valence electrons. The van der Waals surface area contributed by atoms with Gasteiger partial charge in [0.1, 0.15) is 0 Å². The minimum Gasteiger partial charge on any atom is -0.354 e. The number of hydrogen-bond acceptors (Lipinski definition) is 2. The summed E-state index contributed by atoms with van der Waals surface area (Å²) in [4.78, 5) is 12.0. The Morgan fingerprint density at radius 3 is 3.00 bits per heavy atom. The maximum Gasteiger partial charge on any atom is 0.237 e. The van der Waals surface area contributed by atoms with Crippen LogP contribution in [-0.4, -0.2) is 25.0 Å². The van der Waals surface area contributed by atoms with Gasteiger partial charge in [0.2, 0.25) is 5.91 Å². The van der Waals surface area contributed by atoms with E-state index in [1.807, 2.05) is 0 Å². The van der Waals surface area contributed by atoms with Crippen molar-refractivity contribution in [1.82, 2.24) is 10.6 Å². The molecule has 2 atom stereocenters. The van der Waals surface area contributed by atoms with Crippen LogP contribution >= 0.6 is 0 Å². The molecule has 3 heteroatoms. The number of benzene rings is 1. The highest BCUT2D eigenvalue weighted by Crippen LogP contribution is 2.33. The van der Waals surface area contributed by atoms with Crippen LogP contribution in [0.2, 0.25) is 0 Å². The van der Waals surface area contributed by atoms with Crippen molar-refractivity contribution in [3.05, 3.63) is 35.4 Å². The third-order valence-corrected chi connectivity index (χ3v) is 4.11. The van der Waals surface area contributed by atoms with Crippen molar-refractivity contribution >= 4 is 5.91 Å². The van der Waals surface area contributed by atoms with Gasteiger partial charge >= 0.3 is 0 Å². The van der Waals surface area contributed by atoms with Gasteiger partial charge in [0.15, 0.2) is 0 Å². The Morgan fingerprint density at radius 1 is 1.33 bits per heavy atom. The van der Waals surface area contributed by atoms with Gasteiger partial charge in [0, 0.05) is 12.5 Å². The number of amides is 1. The maximum absolute atomic E-state index is 12.0. The van der Waals surface area contributed by atoms with Gasteiger partial charge in [0.05, 0.1) is 6.04 Å². The second-order valence-electron chi connectivity index (χ2n) is 5.35. The van der Waals surface area contributed by atoms with Gasteiger partial charge < -0.3 is 10.6 Å². The van der Waals surface area contributed by atoms with Crippen LogP contribution in [0.3, 0.4) is 0 Å². The summed E-state index contributed by atoms with van der Waals surface area (Å²) in [6.07, 6.45) is 4.44. The van der Waals surface area contributed by atoms with Gasteiger partial charge in [-0.1, -0.05) is 30.7 Å². The van der Waals surface area contributed by atoms with E-state index in [9.17, 15) is 4.79 Å². The molecule has 0 spiro atoms. The van der Waals surface area contributed by atoms with E-state index in [0.29, 0.717) is 5.92 Å². The fourth-order valence-electron chi connectivity index (χ4n) is 2.97. The monoisotopic (exact) mass is 244 g/mol. The molecule has 1 aliphatic carbocycles. The fraction of sp³-hybridized carbons (Fsp3) is 0.533. The predicted molar refractivity (Wildman–Crippen MR) is 71.5 cm³/mol. The minimum atomic E-state index is 0.0362. The molecule has 1 amide bonds. The molecule has 1 saturated heterocycles. The van der Waals surface area contributed by atoms with Crippen LogP contribution < -0.4 is 10.6 Å². The summed E-state index contributed by atoms with van der Waals surface area (Å²) < 4.78 is 0. The zero-order valence-corrected chi connectivity index (χ0v) is 10.6. The van der Waals surface area contributed by atoms with Crippen LogP contribution in [0.5, 0.6) is 0 Å². The first kappa shape index (κ1) is 11.7. The lowest BCUT2D eigenvalue weighted by Crippen LogP contribution is -2.48. The van der Waals surface area contributed by atoms with Crippen LogP contribution in [0.25, 0.3) is 0 Å². The molecule has 3 rings (SSSR count). The Kier molecular flexibility index (Phi) is 3.33. The van der Waals surface area contributed by atoms with Crippen molar-refractivity contribution in [2.45, 2.75) is 37.6 Å². The first-order valence-corrected chi connectivity index (χ1v) is 6.93. The first-order valence-electron chi connectivity index (χ1n) is 6.93. The van der Waals surface area contributed by atoms with E-state index >= 15 is 0 Å². The second-order valence-corrected chi connectivity index (χ2v) is 5.35. The fourth-order valence-corrected chi connectivity index (χ4v) is 2.97. The Morgan fingerprint density at radius 2 is 2.22 bits per heavy atom. The van der Waals surface area contributed by atoms with Crippen molar-refractivity contribution < 1.29 is 4.79 Å². The zero-order chi connectivity index (χ0) is 12.4. The first-order chi connectivity index (χ1) is 8.84. The quantitative estimate of drug-likeness (QED) is 0.847. The standard InChI is InChI=1S/C15H20N2O/c18-15(14-7-3-4-8-16-14)17-10-12-9-11-5-1-2-6-13(11)12/h1-2,5-6,12,14,16H,3-4,7-10H2,(H,17,18)/t12-,14+/m1/s1. The van der Waals surface area contributed by atoms with E-state index in [0.717, 1.165) is 32.4 Å². The third-order valence-electron chi connectivity index (χ3n) is 4.11. The molecule has 0 unspecified atom stereocenters. The average Bonchev–Trinajstić information content (AvgIpc) is 2.40. The maximum atomic E-state index is 12.0. The molecule has 0 bridgehead atoms. The Balaban J connectivity index is 1.49. The number of hydrogen-bond donors (Lipinski definition) is 2. The van der Waals surface area contributed by atoms with E-state index < -0.39 is 0 Å². The van der Waals surface area contributed by atoms with Gasteiger partial charge in [-0.15, -0.1) is 0 Å². The largest absolute Gasteiger partial charge is 0.354 e. The van der Waals surface area contributed by atoms with Crippen molar-refractivity contribution in [3.63, 3.8) is 0 Å². The predicted octanol–water partition coefficient (Wildman–Crippen LogP) is 1.58. The van der Waals surface area contributed by atoms with Crippen LogP contribution in [0.15, 0.2) is 24.3 Å². The molecule has 18 heavy (non-hydrogen) atoms. The topological polar surface area (TPSA) is 41.1 Å². The van der Waals surface area contributed by atoms with Crippen LogP contribution in [0, 0.1) is 0 Å². The molecule has 1 aliphatic heterocycles. The summed E-state index contributed by atoms with van der Waals surface area (Å²) in [7, 11) is 0. The van der Waals surface area contributed by atoms with Crippen molar-refractivity contribution in [2.24, 2.45) is 0 Å². The van der Waals surface area contributed by atoms with Gasteiger partial charge in [0.25, 0.3) is 0 Å². The van der Waals surface area contributed by atoms with Crippen molar-refractivity contribution in [1.29, 1.82) is 0 Å². The summed E-state index contributed by atoms with van der Waals surface area (Å²) in [6.45, 7) is 1.76. The molecular formula is C15H20N2O. The highest BCUT2D eigenvalue weighted by molar-refractivity contribution is 5.81. The molecule has 0 radical (unpaired) electrons. The molecule has 0 aromatic heterocycles. The van der Waals surface area contributed by atoms with Gasteiger partial charge in [-0.3, -0.25) is 4.79 Å². The lowest BCUT2D eigenvalue weighted by Gasteiger charge is -2.31. The molecule has 1 heterocycles. The van der Waals surface area contributed by atoms with Crippen LogP contribution in [0.1, 0.15) is 36.3 Å². The summed E-state index contributed by atoms with van der Waals surface area (Å²) in [5, 5.41) is 6.38. The zero-order valence-electron chi connectivity index (χ0n) is 10.6. The lowest BCUT2D eigenvalue weighted by atomic mass is 9.77. The van der Waals surface area contributed by atoms with Gasteiger partial charge in [-0.25, -0.2) is 0 Å². The minimum absolute atomic E-state index is 0.0362. The SMILES string of the molecule is O=C(NC[C@H]1Cc2ccccc21)[C@@H]1CCCCN1. The van der Waals surface area contributed by atoms with Gasteiger partial charge in [-0.05, 0) is 36.9 Å². The Bertz CT molecular complexity index is 438. The number of rotatable bonds is 3. The lowest BCUT2D eigenvalue weighted by molar-refractivity contribution is -0.123. The molecule has 1 aromatic carbocycles. The van der Waals surface area contributed by atoms with E-state index in [2.05, 4.69) is 34.9 Å². The van der Waals surface area contributed by atoms with Crippen LogP contribution in [-0.2, 0) is 11.2 Å². The van der Waals surface area contributed by atoms with E-state index in [1.165, 1.54) is 17.5 Å². The number of fused-ring (bicyclic) bond motifs is 1. The van der Waals surface area contributed by atoms with E-state index in [4.69, 9.17) is 0 Å². The van der Waals surface area contributed by atoms with Crippen molar-refractivity contribution in [3.8, 4) is 0 Å². The summed E-state index contributed by atoms with van der Waals surface area (Å²) in [5.74, 6) is 0.702. The number of carbonyl (C=O) groups excluding carboxylic acids is 1. The number of carbonyl (C=O) groups is 1. The summed E-state index contributed by atoms with van der Waals surface area (Å²) in [5.41, 5.74) is 2.85. The normalized spacial score (nSPS) is 26.0. The average molecular weight is 244 g/mol. The highest BCUT2D eigenvalue weighted by Gasteiger charge is 2.27. The molecule has 1 aromatic rings. The molecule has 2 aliphatic rings. The van der Waals surface area contributed by atoms with E-state index in [-0.39, 0.29) is 11.9 Å². The number of nitrogens with one attached hydrogen (secondary N) is 2. The number of piperidine rings is 1. The third kappa shape index (κ3) is 2.27. The Labute approximate surface area is 108 Å². The molecule has 2 N–H and O–H groups in total. The molecular weight excluding hydrogens is 224 g/mol. The summed E-state index contributed by atoms with van der Waals surface area (Å²) in [6, 6.07) is 8.55. The highest BCUT2D eigenvalue weighted by atomic mass is 16.2. The second kappa shape index (κ2) is 5.11. The van der Waals surface area contributed by atoms with Gasteiger partial charge in [-0.2, -0.15) is 0 Å². The molecule has 3 nitrogen and oxygen atoms in total.